The number of nitrogens with two attached hydrogens (primary N) is 1. The van der Waals surface area contributed by atoms with Crippen LogP contribution in [0.2, 0.25) is 5.02 Å². The summed E-state index contributed by atoms with van der Waals surface area (Å²) in [5, 5.41) is 4.32. The molecule has 0 saturated heterocycles. The Bertz CT molecular complexity index is 761. The fraction of sp³-hybridized carbons (Fsp3) is 0.0714. The van der Waals surface area contributed by atoms with Gasteiger partial charge >= 0.3 is 0 Å². The average Bonchev–Trinajstić information content (AvgIpc) is 2.48. The Morgan fingerprint density at radius 2 is 1.67 bits per heavy atom. The van der Waals surface area contributed by atoms with E-state index in [1.807, 2.05) is 0 Å². The zero-order chi connectivity index (χ0) is 15.5. The van der Waals surface area contributed by atoms with Gasteiger partial charge in [-0.3, -0.25) is 0 Å². The maximum Gasteiger partial charge on any atom is 0.278 e. The van der Waals surface area contributed by atoms with E-state index < -0.39 is 10.0 Å². The third-order valence-electron chi connectivity index (χ3n) is 2.79. The maximum absolute atomic E-state index is 12.3. The molecule has 110 valence electrons. The Labute approximate surface area is 128 Å². The number of benzene rings is 2. The molecule has 0 atom stereocenters. The Morgan fingerprint density at radius 3 is 2.29 bits per heavy atom. The van der Waals surface area contributed by atoms with Gasteiger partial charge in [0.05, 0.1) is 9.92 Å². The molecule has 0 fully saturated rings. The van der Waals surface area contributed by atoms with Gasteiger partial charge in [0.2, 0.25) is 0 Å². The van der Waals surface area contributed by atoms with Gasteiger partial charge in [-0.2, -0.15) is 12.8 Å². The molecule has 0 saturated carbocycles. The number of hydrogen-bond acceptors (Lipinski definition) is 3. The van der Waals surface area contributed by atoms with Crippen LogP contribution in [0.15, 0.2) is 64.6 Å². The molecule has 2 N–H and O–H groups in total. The summed E-state index contributed by atoms with van der Waals surface area (Å²) in [7, 11) is -2.41. The molecule has 0 aliphatic rings. The van der Waals surface area contributed by atoms with Crippen molar-refractivity contribution in [2.45, 2.75) is 4.90 Å². The first-order valence-corrected chi connectivity index (χ1v) is 7.87. The molecule has 0 aliphatic carbocycles. The van der Waals surface area contributed by atoms with Crippen LogP contribution in [0.4, 0.5) is 0 Å². The molecule has 0 amide bonds. The molecular formula is C14H14ClN3O2S. The lowest BCUT2D eigenvalue weighted by Crippen LogP contribution is -2.26. The second-order valence-electron chi connectivity index (χ2n) is 4.22. The van der Waals surface area contributed by atoms with Crippen LogP contribution < -0.4 is 5.73 Å². The van der Waals surface area contributed by atoms with Crippen LogP contribution >= 0.6 is 11.6 Å². The molecule has 0 aromatic heterocycles. The highest BCUT2D eigenvalue weighted by Gasteiger charge is 2.19. The van der Waals surface area contributed by atoms with E-state index in [9.17, 15) is 8.42 Å². The Hall–Kier alpha value is -2.05. The Balaban J connectivity index is 2.35. The van der Waals surface area contributed by atoms with Gasteiger partial charge in [-0.05, 0) is 24.3 Å². The molecule has 0 unspecified atom stereocenters. The quantitative estimate of drug-likeness (QED) is 0.533. The number of halogens is 1. The van der Waals surface area contributed by atoms with Crippen LogP contribution in [0.25, 0.3) is 0 Å². The third kappa shape index (κ3) is 3.34. The van der Waals surface area contributed by atoms with Crippen molar-refractivity contribution in [3.8, 4) is 0 Å². The van der Waals surface area contributed by atoms with E-state index in [1.165, 1.54) is 19.2 Å². The first-order valence-electron chi connectivity index (χ1n) is 6.06. The molecule has 0 aliphatic heterocycles. The van der Waals surface area contributed by atoms with Gasteiger partial charge in [0, 0.05) is 12.6 Å². The zero-order valence-corrected chi connectivity index (χ0v) is 12.8. The van der Waals surface area contributed by atoms with Crippen molar-refractivity contribution in [1.29, 1.82) is 0 Å². The topological polar surface area (TPSA) is 75.8 Å². The third-order valence-corrected chi connectivity index (χ3v) is 4.76. The first-order chi connectivity index (χ1) is 9.93. The van der Waals surface area contributed by atoms with Crippen LogP contribution in [0.5, 0.6) is 0 Å². The minimum absolute atomic E-state index is 0.0302. The second kappa shape index (κ2) is 6.15. The highest BCUT2D eigenvalue weighted by atomic mass is 35.5. The summed E-state index contributed by atoms with van der Waals surface area (Å²) in [6, 6.07) is 14.8. The first kappa shape index (κ1) is 15.3. The van der Waals surface area contributed by atoms with E-state index in [0.717, 1.165) is 4.41 Å². The number of amidine groups is 1. The summed E-state index contributed by atoms with van der Waals surface area (Å²) >= 11 is 6.01. The standard InChI is InChI=1S/C14H14ClN3O2S/c1-18(21(19,20)11-7-3-2-4-8-11)17-14(16)12-9-5-6-10-13(12)15/h2-10H,1H3,(H2,16,17). The van der Waals surface area contributed by atoms with Gasteiger partial charge < -0.3 is 5.73 Å². The summed E-state index contributed by atoms with van der Waals surface area (Å²) in [4.78, 5) is 0.142. The predicted molar refractivity (Wildman–Crippen MR) is 83.6 cm³/mol. The monoisotopic (exact) mass is 323 g/mol. The van der Waals surface area contributed by atoms with Crippen LogP contribution in [-0.4, -0.2) is 25.7 Å². The smallest absolute Gasteiger partial charge is 0.278 e. The maximum atomic E-state index is 12.3. The molecule has 2 rings (SSSR count). The minimum Gasteiger partial charge on any atom is -0.382 e. The van der Waals surface area contributed by atoms with E-state index in [0.29, 0.717) is 10.6 Å². The number of hydrazone groups is 1. The number of nitrogens with zero attached hydrogens (tertiary/aromatic N) is 2. The van der Waals surface area contributed by atoms with Gasteiger partial charge in [-0.25, -0.2) is 0 Å². The number of sulfonamides is 1. The van der Waals surface area contributed by atoms with E-state index in [4.69, 9.17) is 17.3 Å². The lowest BCUT2D eigenvalue weighted by Gasteiger charge is -2.15. The molecule has 0 heterocycles. The van der Waals surface area contributed by atoms with Crippen LogP contribution in [0, 0.1) is 0 Å². The van der Waals surface area contributed by atoms with Crippen molar-refractivity contribution >= 4 is 27.5 Å². The van der Waals surface area contributed by atoms with Crippen molar-refractivity contribution in [1.82, 2.24) is 4.41 Å². The van der Waals surface area contributed by atoms with Gasteiger partial charge in [0.1, 0.15) is 0 Å². The lowest BCUT2D eigenvalue weighted by molar-refractivity contribution is 0.489. The van der Waals surface area contributed by atoms with Crippen molar-refractivity contribution in [3.63, 3.8) is 0 Å². The van der Waals surface area contributed by atoms with Gasteiger partial charge in [0.15, 0.2) is 5.84 Å². The normalized spacial score (nSPS) is 12.2. The second-order valence-corrected chi connectivity index (χ2v) is 6.57. The van der Waals surface area contributed by atoms with Gasteiger partial charge in [-0.1, -0.05) is 41.9 Å². The predicted octanol–water partition coefficient (Wildman–Crippen LogP) is 2.28. The van der Waals surface area contributed by atoms with E-state index >= 15 is 0 Å². The van der Waals surface area contributed by atoms with Crippen LogP contribution in [-0.2, 0) is 10.0 Å². The summed E-state index contributed by atoms with van der Waals surface area (Å²) in [6.07, 6.45) is 0. The van der Waals surface area contributed by atoms with Gasteiger partial charge in [-0.15, -0.1) is 5.10 Å². The van der Waals surface area contributed by atoms with Crippen molar-refractivity contribution in [2.24, 2.45) is 10.8 Å². The Kier molecular flexibility index (Phi) is 4.50. The molecular weight excluding hydrogens is 310 g/mol. The van der Waals surface area contributed by atoms with Crippen LogP contribution in [0.3, 0.4) is 0 Å². The number of rotatable bonds is 4. The SMILES string of the molecule is CN(/N=C(\N)c1ccccc1Cl)S(=O)(=O)c1ccccc1. The lowest BCUT2D eigenvalue weighted by atomic mass is 10.2. The Morgan fingerprint density at radius 1 is 1.10 bits per heavy atom. The number of hydrogen-bond donors (Lipinski definition) is 1. The summed E-state index contributed by atoms with van der Waals surface area (Å²) in [6.45, 7) is 0. The molecule has 2 aromatic rings. The summed E-state index contributed by atoms with van der Waals surface area (Å²) in [5.74, 6) is 0.0302. The zero-order valence-electron chi connectivity index (χ0n) is 11.3. The summed E-state index contributed by atoms with van der Waals surface area (Å²) < 4.78 is 25.5. The van der Waals surface area contributed by atoms with Crippen molar-refractivity contribution in [2.75, 3.05) is 7.05 Å². The molecule has 0 bridgehead atoms. The van der Waals surface area contributed by atoms with Gasteiger partial charge in [0.25, 0.3) is 10.0 Å². The van der Waals surface area contributed by atoms with E-state index in [1.54, 1.807) is 42.5 Å². The van der Waals surface area contributed by atoms with E-state index in [-0.39, 0.29) is 10.7 Å². The molecule has 0 spiro atoms. The molecule has 7 heteroatoms. The van der Waals surface area contributed by atoms with Crippen molar-refractivity contribution in [3.05, 3.63) is 65.2 Å². The molecule has 2 aromatic carbocycles. The van der Waals surface area contributed by atoms with Crippen molar-refractivity contribution < 1.29 is 8.42 Å². The fourth-order valence-corrected chi connectivity index (χ4v) is 2.91. The summed E-state index contributed by atoms with van der Waals surface area (Å²) in [5.41, 5.74) is 6.31. The highest BCUT2D eigenvalue weighted by Crippen LogP contribution is 2.17. The minimum atomic E-state index is -3.73. The largest absolute Gasteiger partial charge is 0.382 e. The van der Waals surface area contributed by atoms with E-state index in [2.05, 4.69) is 5.10 Å². The van der Waals surface area contributed by atoms with Crippen LogP contribution in [0.1, 0.15) is 5.56 Å². The molecule has 5 nitrogen and oxygen atoms in total. The fourth-order valence-electron chi connectivity index (χ4n) is 1.67. The average molecular weight is 324 g/mol. The molecule has 21 heavy (non-hydrogen) atoms. The molecule has 0 radical (unpaired) electrons. The highest BCUT2D eigenvalue weighted by molar-refractivity contribution is 7.89.